The maximum Gasteiger partial charge on any atom is 0.204 e. The molecular weight excluding hydrogens is 414 g/mol. The number of H-pyrrole nitrogens is 2. The molecule has 9 nitrogen and oxygen atoms in total. The summed E-state index contributed by atoms with van der Waals surface area (Å²) in [4.78, 5) is 9.40. The van der Waals surface area contributed by atoms with Crippen LogP contribution in [0.1, 0.15) is 0 Å². The second-order valence-corrected chi connectivity index (χ2v) is 8.34. The van der Waals surface area contributed by atoms with Crippen molar-refractivity contribution in [3.63, 3.8) is 0 Å². The van der Waals surface area contributed by atoms with Gasteiger partial charge in [-0.3, -0.25) is 5.10 Å². The summed E-state index contributed by atoms with van der Waals surface area (Å²) in [6.07, 6.45) is 1.89. The molecular formula is C24H23N9. The van der Waals surface area contributed by atoms with Gasteiger partial charge in [-0.25, -0.2) is 4.98 Å². The van der Waals surface area contributed by atoms with Gasteiger partial charge in [-0.1, -0.05) is 36.4 Å². The molecule has 0 radical (unpaired) electrons. The van der Waals surface area contributed by atoms with Gasteiger partial charge in [0, 0.05) is 60.1 Å². The van der Waals surface area contributed by atoms with Gasteiger partial charge < -0.3 is 9.80 Å². The monoisotopic (exact) mass is 437 g/mol. The van der Waals surface area contributed by atoms with Gasteiger partial charge in [0.05, 0.1) is 5.69 Å². The van der Waals surface area contributed by atoms with Crippen LogP contribution in [0.5, 0.6) is 0 Å². The minimum absolute atomic E-state index is 0.569. The fraction of sp³-hybridized carbons (Fsp3) is 0.208. The van der Waals surface area contributed by atoms with E-state index in [1.807, 2.05) is 30.5 Å². The van der Waals surface area contributed by atoms with Crippen LogP contribution in [0.2, 0.25) is 0 Å². The molecule has 164 valence electrons. The van der Waals surface area contributed by atoms with Crippen LogP contribution in [-0.4, -0.2) is 73.9 Å². The molecule has 1 aliphatic heterocycles. The Kier molecular flexibility index (Phi) is 4.80. The van der Waals surface area contributed by atoms with Crippen LogP contribution in [0.4, 0.5) is 5.69 Å². The molecule has 1 aliphatic rings. The van der Waals surface area contributed by atoms with Crippen molar-refractivity contribution < 1.29 is 0 Å². The number of rotatable bonds is 4. The lowest BCUT2D eigenvalue weighted by Crippen LogP contribution is -2.44. The van der Waals surface area contributed by atoms with E-state index in [9.17, 15) is 0 Å². The van der Waals surface area contributed by atoms with Crippen LogP contribution in [0, 0.1) is 0 Å². The normalized spacial score (nSPS) is 14.8. The van der Waals surface area contributed by atoms with E-state index in [1.54, 1.807) is 0 Å². The van der Waals surface area contributed by atoms with Crippen LogP contribution >= 0.6 is 0 Å². The third kappa shape index (κ3) is 3.72. The van der Waals surface area contributed by atoms with E-state index in [0.717, 1.165) is 59.5 Å². The molecule has 0 atom stereocenters. The smallest absolute Gasteiger partial charge is 0.204 e. The summed E-state index contributed by atoms with van der Waals surface area (Å²) in [6.45, 7) is 4.32. The fourth-order valence-corrected chi connectivity index (χ4v) is 4.28. The molecule has 4 heterocycles. The third-order valence-electron chi connectivity index (χ3n) is 6.26. The highest BCUT2D eigenvalue weighted by Gasteiger charge is 2.15. The van der Waals surface area contributed by atoms with Crippen molar-refractivity contribution in [1.29, 1.82) is 0 Å². The molecule has 1 fully saturated rings. The van der Waals surface area contributed by atoms with Crippen molar-refractivity contribution in [2.24, 2.45) is 0 Å². The van der Waals surface area contributed by atoms with Gasteiger partial charge in [-0.2, -0.15) is 10.3 Å². The van der Waals surface area contributed by atoms with Gasteiger partial charge in [-0.15, -0.1) is 10.2 Å². The van der Waals surface area contributed by atoms with E-state index >= 15 is 0 Å². The van der Waals surface area contributed by atoms with Crippen molar-refractivity contribution in [2.45, 2.75) is 0 Å². The highest BCUT2D eigenvalue weighted by Crippen LogP contribution is 2.31. The molecule has 0 spiro atoms. The highest BCUT2D eigenvalue weighted by atomic mass is 15.5. The lowest BCUT2D eigenvalue weighted by atomic mass is 10.0. The summed E-state index contributed by atoms with van der Waals surface area (Å²) >= 11 is 0. The van der Waals surface area contributed by atoms with E-state index < -0.39 is 0 Å². The molecule has 2 aromatic carbocycles. The van der Waals surface area contributed by atoms with E-state index in [0.29, 0.717) is 11.5 Å². The molecule has 6 rings (SSSR count). The number of fused-ring (bicyclic) bond motifs is 1. The number of benzene rings is 2. The first-order chi connectivity index (χ1) is 16.2. The average Bonchev–Trinajstić information content (AvgIpc) is 3.55. The second-order valence-electron chi connectivity index (χ2n) is 8.34. The van der Waals surface area contributed by atoms with Gasteiger partial charge in [0.1, 0.15) is 0 Å². The van der Waals surface area contributed by atoms with Crippen molar-refractivity contribution >= 4 is 16.7 Å². The zero-order valence-corrected chi connectivity index (χ0v) is 18.2. The van der Waals surface area contributed by atoms with Gasteiger partial charge in [0.15, 0.2) is 5.65 Å². The maximum atomic E-state index is 4.59. The van der Waals surface area contributed by atoms with Crippen LogP contribution < -0.4 is 4.90 Å². The van der Waals surface area contributed by atoms with Gasteiger partial charge in [0.25, 0.3) is 0 Å². The van der Waals surface area contributed by atoms with Gasteiger partial charge in [0.2, 0.25) is 5.82 Å². The number of tetrazole rings is 1. The number of aromatic nitrogens is 7. The first kappa shape index (κ1) is 19.6. The summed E-state index contributed by atoms with van der Waals surface area (Å²) in [5.74, 6) is 0.569. The molecule has 3 aromatic heterocycles. The Labute approximate surface area is 190 Å². The lowest BCUT2D eigenvalue weighted by Gasteiger charge is -2.34. The molecule has 0 unspecified atom stereocenters. The van der Waals surface area contributed by atoms with Crippen molar-refractivity contribution in [1.82, 2.24) is 40.7 Å². The second kappa shape index (κ2) is 8.10. The Balaban J connectivity index is 1.29. The van der Waals surface area contributed by atoms with E-state index in [4.69, 9.17) is 0 Å². The maximum absolute atomic E-state index is 4.59. The Morgan fingerprint density at radius 1 is 0.788 bits per heavy atom. The van der Waals surface area contributed by atoms with Crippen LogP contribution in [0.15, 0.2) is 60.8 Å². The first-order valence-electron chi connectivity index (χ1n) is 11.0. The van der Waals surface area contributed by atoms with E-state index in [-0.39, 0.29) is 0 Å². The van der Waals surface area contributed by atoms with E-state index in [1.165, 1.54) is 5.69 Å². The van der Waals surface area contributed by atoms with Gasteiger partial charge in [-0.05, 0) is 36.0 Å². The first-order valence-corrected chi connectivity index (χ1v) is 11.0. The van der Waals surface area contributed by atoms with Crippen molar-refractivity contribution in [2.75, 3.05) is 38.1 Å². The zero-order chi connectivity index (χ0) is 22.2. The Morgan fingerprint density at radius 3 is 2.24 bits per heavy atom. The number of anilines is 1. The molecule has 5 aromatic rings. The molecule has 9 heteroatoms. The Morgan fingerprint density at radius 2 is 1.52 bits per heavy atom. The lowest BCUT2D eigenvalue weighted by molar-refractivity contribution is 0.313. The minimum Gasteiger partial charge on any atom is -0.369 e. The summed E-state index contributed by atoms with van der Waals surface area (Å²) in [5.41, 5.74) is 7.04. The number of likely N-dealkylation sites (N-methyl/N-ethyl adjacent to an activating group) is 1. The number of nitrogens with one attached hydrogen (secondary N) is 2. The summed E-state index contributed by atoms with van der Waals surface area (Å²) < 4.78 is 0. The highest BCUT2D eigenvalue weighted by molar-refractivity contribution is 5.93. The third-order valence-corrected chi connectivity index (χ3v) is 6.26. The Hall–Kier alpha value is -4.11. The molecule has 2 N–H and O–H groups in total. The molecule has 1 saturated heterocycles. The largest absolute Gasteiger partial charge is 0.369 e. The van der Waals surface area contributed by atoms with Crippen molar-refractivity contribution in [3.05, 3.63) is 60.8 Å². The quantitative estimate of drug-likeness (QED) is 0.445. The number of aromatic amines is 2. The summed E-state index contributed by atoms with van der Waals surface area (Å²) in [5, 5.41) is 22.7. The number of hydrogen-bond donors (Lipinski definition) is 2. The van der Waals surface area contributed by atoms with Crippen LogP contribution in [-0.2, 0) is 0 Å². The molecule has 33 heavy (non-hydrogen) atoms. The number of piperazine rings is 1. The molecule has 0 amide bonds. The van der Waals surface area contributed by atoms with Crippen LogP contribution in [0.25, 0.3) is 44.8 Å². The number of nitrogens with zero attached hydrogens (tertiary/aromatic N) is 7. The molecule has 0 saturated carbocycles. The Bertz CT molecular complexity index is 1360. The molecule has 0 bridgehead atoms. The standard InChI is InChI=1S/C24H23N9/c1-32-10-12-33(13-11-32)20-8-6-16(7-9-20)19-14-21-22(26-27-24(21)25-15-19)17-2-4-18(5-3-17)23-28-30-31-29-23/h2-9,14-15H,10-13H2,1H3,(H,25,26,27)(H,28,29,30,31). The zero-order valence-electron chi connectivity index (χ0n) is 18.2. The summed E-state index contributed by atoms with van der Waals surface area (Å²) in [6, 6.07) is 18.9. The minimum atomic E-state index is 0.569. The average molecular weight is 438 g/mol. The SMILES string of the molecule is CN1CCN(c2ccc(-c3cnc4n[nH]c(-c5ccc(-c6nn[nH]n6)cc5)c4c3)cc2)CC1. The van der Waals surface area contributed by atoms with Crippen molar-refractivity contribution in [3.8, 4) is 33.8 Å². The molecule has 0 aliphatic carbocycles. The predicted molar refractivity (Wildman–Crippen MR) is 128 cm³/mol. The fourth-order valence-electron chi connectivity index (χ4n) is 4.28. The van der Waals surface area contributed by atoms with Crippen LogP contribution in [0.3, 0.4) is 0 Å². The summed E-state index contributed by atoms with van der Waals surface area (Å²) in [7, 11) is 2.18. The predicted octanol–water partition coefficient (Wildman–Crippen LogP) is 3.22. The van der Waals surface area contributed by atoms with E-state index in [2.05, 4.69) is 83.0 Å². The topological polar surface area (TPSA) is 103 Å². The number of hydrogen-bond acceptors (Lipinski definition) is 7. The number of pyridine rings is 1. The van der Waals surface area contributed by atoms with Gasteiger partial charge >= 0.3 is 0 Å².